The fraction of sp³-hybridized carbons (Fsp3) is 0.562. The molecule has 140 valence electrons. The molecule has 1 aliphatic rings. The van der Waals surface area contributed by atoms with E-state index in [0.29, 0.717) is 37.4 Å². The number of carbonyl (C=O) groups is 1. The molecule has 0 aliphatic carbocycles. The number of amides is 1. The van der Waals surface area contributed by atoms with E-state index in [1.807, 2.05) is 4.90 Å². The van der Waals surface area contributed by atoms with Gasteiger partial charge in [0.05, 0.1) is 0 Å². The van der Waals surface area contributed by atoms with Gasteiger partial charge < -0.3 is 33.2 Å². The minimum atomic E-state index is -5.09. The van der Waals surface area contributed by atoms with Gasteiger partial charge in [-0.1, -0.05) is 12.1 Å². The van der Waals surface area contributed by atoms with Crippen LogP contribution in [0.15, 0.2) is 18.2 Å². The number of carbonyl (C=O) groups excluding carboxylic acids is 1. The molecule has 26 heavy (non-hydrogen) atoms. The molecule has 10 heteroatoms. The van der Waals surface area contributed by atoms with Crippen LogP contribution < -0.4 is 67.5 Å². The van der Waals surface area contributed by atoms with E-state index < -0.39 is 24.1 Å². The van der Waals surface area contributed by atoms with Gasteiger partial charge in [0.15, 0.2) is 0 Å². The summed E-state index contributed by atoms with van der Waals surface area (Å²) in [7, 11) is 0. The molecule has 1 aromatic carbocycles. The Bertz CT molecular complexity index is 630. The van der Waals surface area contributed by atoms with E-state index in [-0.39, 0.29) is 57.9 Å². The third kappa shape index (κ3) is 6.72. The molecular formula is C16H24BF3KN3O2. The van der Waals surface area contributed by atoms with Gasteiger partial charge >= 0.3 is 64.5 Å². The molecule has 0 spiro atoms. The maximum atomic E-state index is 13.1. The van der Waals surface area contributed by atoms with Gasteiger partial charge in [0.25, 0.3) is 0 Å². The Kier molecular flexibility index (Phi) is 8.50. The fourth-order valence-corrected chi connectivity index (χ4v) is 2.66. The molecule has 0 radical (unpaired) electrons. The smallest absolute Gasteiger partial charge is 0.445 e. The van der Waals surface area contributed by atoms with Crippen molar-refractivity contribution in [2.45, 2.75) is 32.9 Å². The summed E-state index contributed by atoms with van der Waals surface area (Å²) in [5.74, 6) is 0. The van der Waals surface area contributed by atoms with Crippen LogP contribution in [0.1, 0.15) is 26.3 Å². The number of nitrogens with two attached hydrogens (primary N) is 1. The Hall–Kier alpha value is -0.259. The molecule has 1 aliphatic heterocycles. The molecule has 2 rings (SSSR count). The third-order valence-electron chi connectivity index (χ3n) is 3.91. The number of halogens is 3. The second-order valence-corrected chi connectivity index (χ2v) is 7.17. The van der Waals surface area contributed by atoms with Crippen LogP contribution in [0, 0.1) is 0 Å². The molecule has 5 nitrogen and oxygen atoms in total. The number of piperazine rings is 1. The second kappa shape index (κ2) is 9.29. The topological polar surface area (TPSA) is 58.8 Å². The Morgan fingerprint density at radius 1 is 1.15 bits per heavy atom. The van der Waals surface area contributed by atoms with Crippen molar-refractivity contribution in [1.29, 1.82) is 0 Å². The number of hydrogen-bond acceptors (Lipinski definition) is 4. The van der Waals surface area contributed by atoms with Gasteiger partial charge in [-0.25, -0.2) is 4.79 Å². The number of hydrogen-bond donors (Lipinski definition) is 1. The van der Waals surface area contributed by atoms with Crippen molar-refractivity contribution in [3.63, 3.8) is 0 Å². The molecule has 0 bridgehead atoms. The van der Waals surface area contributed by atoms with Crippen molar-refractivity contribution >= 4 is 24.2 Å². The van der Waals surface area contributed by atoms with Gasteiger partial charge in [0.1, 0.15) is 5.60 Å². The standard InChI is InChI=1S/C16H24BF3N3O2.K/c1-16(2,3)25-15(24)23-6-4-22(5-7-23)14-9-12(11-21)8-13(10-14)17(18,19)20;/h8-10H,4-7,11,21H2,1-3H3;/q-1;+1. The summed E-state index contributed by atoms with van der Waals surface area (Å²) < 4.78 is 44.7. The summed E-state index contributed by atoms with van der Waals surface area (Å²) in [6, 6.07) is 3.93. The molecule has 0 saturated carbocycles. The first-order valence-electron chi connectivity index (χ1n) is 8.26. The predicted molar refractivity (Wildman–Crippen MR) is 93.1 cm³/mol. The van der Waals surface area contributed by atoms with Crippen LogP contribution in [0.2, 0.25) is 0 Å². The minimum absolute atomic E-state index is 0. The maximum absolute atomic E-state index is 13.1. The molecule has 1 fully saturated rings. The largest absolute Gasteiger partial charge is 1.00 e. The van der Waals surface area contributed by atoms with E-state index in [1.165, 1.54) is 0 Å². The number of benzene rings is 1. The second-order valence-electron chi connectivity index (χ2n) is 7.17. The van der Waals surface area contributed by atoms with Crippen LogP contribution in [-0.4, -0.2) is 49.8 Å². The van der Waals surface area contributed by atoms with Gasteiger partial charge in [-0.2, -0.15) is 0 Å². The van der Waals surface area contributed by atoms with Crippen molar-refractivity contribution in [3.8, 4) is 0 Å². The van der Waals surface area contributed by atoms with Crippen LogP contribution in [-0.2, 0) is 11.3 Å². The molecule has 1 aromatic rings. The molecule has 1 heterocycles. The van der Waals surface area contributed by atoms with E-state index in [9.17, 15) is 17.7 Å². The number of nitrogens with zero attached hydrogens (tertiary/aromatic N) is 2. The normalized spacial score (nSPS) is 15.5. The van der Waals surface area contributed by atoms with Crippen molar-refractivity contribution in [3.05, 3.63) is 23.8 Å². The maximum Gasteiger partial charge on any atom is 1.00 e. The summed E-state index contributed by atoms with van der Waals surface area (Å²) in [5, 5.41) is 0. The fourth-order valence-electron chi connectivity index (χ4n) is 2.66. The van der Waals surface area contributed by atoms with E-state index in [0.717, 1.165) is 12.1 Å². The van der Waals surface area contributed by atoms with Crippen LogP contribution in [0.4, 0.5) is 23.4 Å². The van der Waals surface area contributed by atoms with Crippen LogP contribution in [0.3, 0.4) is 0 Å². The molecule has 0 unspecified atom stereocenters. The SMILES string of the molecule is CC(C)(C)OC(=O)N1CCN(c2cc(CN)cc([B-](F)(F)F)c2)CC1.[K+]. The number of rotatable bonds is 3. The van der Waals surface area contributed by atoms with E-state index in [1.54, 1.807) is 31.7 Å². The molecule has 1 saturated heterocycles. The minimum Gasteiger partial charge on any atom is -0.445 e. The first-order chi connectivity index (χ1) is 11.5. The molecule has 0 aromatic heterocycles. The Morgan fingerprint density at radius 2 is 1.73 bits per heavy atom. The van der Waals surface area contributed by atoms with E-state index in [4.69, 9.17) is 10.5 Å². The first kappa shape index (κ1) is 23.8. The Labute approximate surface area is 194 Å². The van der Waals surface area contributed by atoms with Gasteiger partial charge in [0, 0.05) is 38.4 Å². The summed E-state index contributed by atoms with van der Waals surface area (Å²) in [5.41, 5.74) is 5.24. The van der Waals surface area contributed by atoms with Gasteiger partial charge in [-0.15, -0.1) is 5.46 Å². The molecular weight excluding hydrogens is 373 g/mol. The average Bonchev–Trinajstić information content (AvgIpc) is 2.52. The zero-order valence-electron chi connectivity index (χ0n) is 15.8. The summed E-state index contributed by atoms with van der Waals surface area (Å²) in [6.07, 6.45) is -0.401. The van der Waals surface area contributed by atoms with Crippen molar-refractivity contribution in [1.82, 2.24) is 4.90 Å². The van der Waals surface area contributed by atoms with Crippen molar-refractivity contribution < 1.29 is 73.9 Å². The average molecular weight is 397 g/mol. The third-order valence-corrected chi connectivity index (χ3v) is 3.91. The zero-order chi connectivity index (χ0) is 18.8. The van der Waals surface area contributed by atoms with Gasteiger partial charge in [-0.05, 0) is 32.4 Å². The number of anilines is 1. The van der Waals surface area contributed by atoms with Crippen LogP contribution in [0.5, 0.6) is 0 Å². The first-order valence-corrected chi connectivity index (χ1v) is 8.26. The van der Waals surface area contributed by atoms with E-state index in [2.05, 4.69) is 0 Å². The van der Waals surface area contributed by atoms with Gasteiger partial charge in [-0.3, -0.25) is 0 Å². The molecule has 2 N–H and O–H groups in total. The monoisotopic (exact) mass is 397 g/mol. The van der Waals surface area contributed by atoms with Crippen molar-refractivity contribution in [2.24, 2.45) is 5.73 Å². The molecule has 0 atom stereocenters. The Balaban J connectivity index is 0.00000338. The summed E-state index contributed by atoms with van der Waals surface area (Å²) >= 11 is 0. The summed E-state index contributed by atoms with van der Waals surface area (Å²) in [4.78, 5) is 15.5. The predicted octanol–water partition coefficient (Wildman–Crippen LogP) is -0.739. The Morgan fingerprint density at radius 3 is 2.19 bits per heavy atom. The van der Waals surface area contributed by atoms with E-state index >= 15 is 0 Å². The quantitative estimate of drug-likeness (QED) is 0.683. The zero-order valence-corrected chi connectivity index (χ0v) is 18.9. The number of ether oxygens (including phenoxy) is 1. The van der Waals surface area contributed by atoms with Crippen LogP contribution in [0.25, 0.3) is 0 Å². The van der Waals surface area contributed by atoms with Crippen LogP contribution >= 0.6 is 0 Å². The molecule has 1 amide bonds. The van der Waals surface area contributed by atoms with Crippen molar-refractivity contribution in [2.75, 3.05) is 31.1 Å². The van der Waals surface area contributed by atoms with Gasteiger partial charge in [0.2, 0.25) is 0 Å². The summed E-state index contributed by atoms with van der Waals surface area (Å²) in [6.45, 7) is 2.01.